The first-order valence-electron chi connectivity index (χ1n) is 8.64. The number of carbonyl (C=O) groups excluding carboxylic acids is 1. The van der Waals surface area contributed by atoms with Gasteiger partial charge in [-0.2, -0.15) is 0 Å². The Morgan fingerprint density at radius 2 is 2.17 bits per heavy atom. The van der Waals surface area contributed by atoms with Crippen LogP contribution in [0.1, 0.15) is 37.8 Å². The molecule has 2 fully saturated rings. The molecule has 1 aliphatic carbocycles. The average molecular weight is 317 g/mol. The van der Waals surface area contributed by atoms with E-state index in [4.69, 9.17) is 4.74 Å². The van der Waals surface area contributed by atoms with Gasteiger partial charge in [-0.1, -0.05) is 12.5 Å². The van der Waals surface area contributed by atoms with E-state index in [1.165, 1.54) is 0 Å². The van der Waals surface area contributed by atoms with E-state index in [0.29, 0.717) is 12.6 Å². The molecule has 1 aliphatic heterocycles. The van der Waals surface area contributed by atoms with Gasteiger partial charge in [0.2, 0.25) is 5.91 Å². The zero-order valence-corrected chi connectivity index (χ0v) is 14.0. The van der Waals surface area contributed by atoms with Crippen molar-refractivity contribution >= 4 is 5.91 Å². The smallest absolute Gasteiger partial charge is 0.228 e. The van der Waals surface area contributed by atoms with Crippen LogP contribution in [0, 0.1) is 5.41 Å². The van der Waals surface area contributed by atoms with Gasteiger partial charge in [0.25, 0.3) is 0 Å². The van der Waals surface area contributed by atoms with Gasteiger partial charge in [-0.3, -0.25) is 14.7 Å². The van der Waals surface area contributed by atoms with E-state index in [0.717, 1.165) is 57.4 Å². The first-order valence-corrected chi connectivity index (χ1v) is 8.64. The predicted molar refractivity (Wildman–Crippen MR) is 88.8 cm³/mol. The van der Waals surface area contributed by atoms with Crippen molar-refractivity contribution in [1.82, 2.24) is 15.2 Å². The van der Waals surface area contributed by atoms with E-state index in [1.54, 1.807) is 7.11 Å². The van der Waals surface area contributed by atoms with Crippen LogP contribution < -0.4 is 5.32 Å². The largest absolute Gasteiger partial charge is 0.384 e. The van der Waals surface area contributed by atoms with Crippen LogP contribution in [0.25, 0.3) is 0 Å². The van der Waals surface area contributed by atoms with Crippen molar-refractivity contribution in [1.29, 1.82) is 0 Å². The molecule has 23 heavy (non-hydrogen) atoms. The zero-order valence-electron chi connectivity index (χ0n) is 14.0. The van der Waals surface area contributed by atoms with Gasteiger partial charge in [0.15, 0.2) is 0 Å². The number of pyridine rings is 1. The zero-order chi connectivity index (χ0) is 16.1. The second-order valence-electron chi connectivity index (χ2n) is 6.91. The molecule has 0 bridgehead atoms. The van der Waals surface area contributed by atoms with Crippen LogP contribution in [0.5, 0.6) is 0 Å². The summed E-state index contributed by atoms with van der Waals surface area (Å²) in [4.78, 5) is 19.4. The number of hydrogen-bond acceptors (Lipinski definition) is 4. The highest BCUT2D eigenvalue weighted by Gasteiger charge is 2.44. The number of methoxy groups -OCH3 is 1. The molecule has 126 valence electrons. The van der Waals surface area contributed by atoms with Crippen LogP contribution in [0.2, 0.25) is 0 Å². The van der Waals surface area contributed by atoms with Gasteiger partial charge < -0.3 is 10.1 Å². The van der Waals surface area contributed by atoms with E-state index in [1.807, 2.05) is 18.3 Å². The molecule has 2 aliphatic rings. The average Bonchev–Trinajstić information content (AvgIpc) is 2.53. The van der Waals surface area contributed by atoms with Crippen molar-refractivity contribution in [2.75, 3.05) is 26.8 Å². The van der Waals surface area contributed by atoms with Crippen LogP contribution in [0.3, 0.4) is 0 Å². The molecule has 1 aromatic rings. The number of ether oxygens (including phenoxy) is 1. The van der Waals surface area contributed by atoms with E-state index in [-0.39, 0.29) is 11.3 Å². The van der Waals surface area contributed by atoms with Crippen molar-refractivity contribution in [3.8, 4) is 0 Å². The van der Waals surface area contributed by atoms with Crippen molar-refractivity contribution in [2.24, 2.45) is 5.41 Å². The fourth-order valence-electron chi connectivity index (χ4n) is 3.61. The second-order valence-corrected chi connectivity index (χ2v) is 6.91. The molecule has 1 aromatic heterocycles. The van der Waals surface area contributed by atoms with Gasteiger partial charge in [0.05, 0.1) is 17.7 Å². The minimum Gasteiger partial charge on any atom is -0.384 e. The van der Waals surface area contributed by atoms with Gasteiger partial charge in [-0.15, -0.1) is 0 Å². The highest BCUT2D eigenvalue weighted by molar-refractivity contribution is 5.84. The second kappa shape index (κ2) is 7.41. The van der Waals surface area contributed by atoms with Gasteiger partial charge in [0, 0.05) is 39.0 Å². The van der Waals surface area contributed by atoms with Crippen molar-refractivity contribution in [3.05, 3.63) is 30.1 Å². The molecule has 1 saturated heterocycles. The lowest BCUT2D eigenvalue weighted by Gasteiger charge is -2.41. The predicted octanol–water partition coefficient (Wildman–Crippen LogP) is 1.98. The third-order valence-corrected chi connectivity index (χ3v) is 5.25. The van der Waals surface area contributed by atoms with E-state index in [2.05, 4.69) is 21.3 Å². The topological polar surface area (TPSA) is 54.5 Å². The molecule has 3 rings (SSSR count). The Morgan fingerprint density at radius 1 is 1.39 bits per heavy atom. The summed E-state index contributed by atoms with van der Waals surface area (Å²) in [6.45, 7) is 3.48. The van der Waals surface area contributed by atoms with Crippen molar-refractivity contribution in [2.45, 2.75) is 44.7 Å². The molecule has 0 atom stereocenters. The number of nitrogens with zero attached hydrogens (tertiary/aromatic N) is 2. The summed E-state index contributed by atoms with van der Waals surface area (Å²) in [5, 5.41) is 3.27. The van der Waals surface area contributed by atoms with E-state index < -0.39 is 0 Å². The minimum absolute atomic E-state index is 0.203. The number of amides is 1. The molecule has 0 aromatic carbocycles. The Bertz CT molecular complexity index is 508. The summed E-state index contributed by atoms with van der Waals surface area (Å²) in [5.41, 5.74) is 0.864. The summed E-state index contributed by atoms with van der Waals surface area (Å²) >= 11 is 0. The Morgan fingerprint density at radius 3 is 2.74 bits per heavy atom. The lowest BCUT2D eigenvalue weighted by molar-refractivity contribution is -0.141. The summed E-state index contributed by atoms with van der Waals surface area (Å²) in [5.74, 6) is 0.203. The number of nitrogens with one attached hydrogen (secondary N) is 1. The summed E-state index contributed by atoms with van der Waals surface area (Å²) in [7, 11) is 1.68. The minimum atomic E-state index is -0.250. The maximum Gasteiger partial charge on any atom is 0.228 e. The number of rotatable bonds is 6. The maximum atomic E-state index is 12.6. The fourth-order valence-corrected chi connectivity index (χ4v) is 3.61. The quantitative estimate of drug-likeness (QED) is 0.872. The van der Waals surface area contributed by atoms with Gasteiger partial charge in [0.1, 0.15) is 0 Å². The first kappa shape index (κ1) is 16.4. The third kappa shape index (κ3) is 3.90. The van der Waals surface area contributed by atoms with Gasteiger partial charge >= 0.3 is 0 Å². The van der Waals surface area contributed by atoms with Crippen molar-refractivity contribution < 1.29 is 9.53 Å². The molecule has 1 saturated carbocycles. The number of hydrogen-bond donors (Lipinski definition) is 1. The molecule has 5 heteroatoms. The molecule has 2 heterocycles. The fraction of sp³-hybridized carbons (Fsp3) is 0.667. The van der Waals surface area contributed by atoms with E-state index in [9.17, 15) is 4.79 Å². The molecule has 5 nitrogen and oxygen atoms in total. The maximum absolute atomic E-state index is 12.6. The van der Waals surface area contributed by atoms with Crippen LogP contribution >= 0.6 is 0 Å². The molecular formula is C18H27N3O2. The molecule has 0 unspecified atom stereocenters. The van der Waals surface area contributed by atoms with Gasteiger partial charge in [-0.05, 0) is 37.8 Å². The summed E-state index contributed by atoms with van der Waals surface area (Å²) < 4.78 is 5.27. The first-order chi connectivity index (χ1) is 11.2. The lowest BCUT2D eigenvalue weighted by Crippen LogP contribution is -2.53. The Balaban J connectivity index is 1.45. The molecule has 1 amide bonds. The normalized spacial score (nSPS) is 21.6. The Kier molecular flexibility index (Phi) is 5.28. The number of piperidine rings is 1. The van der Waals surface area contributed by atoms with Crippen LogP contribution in [-0.2, 0) is 16.1 Å². The number of aromatic nitrogens is 1. The molecular weight excluding hydrogens is 290 g/mol. The molecule has 0 spiro atoms. The van der Waals surface area contributed by atoms with Crippen LogP contribution in [0.4, 0.5) is 0 Å². The standard InChI is InChI=1S/C18H27N3O2/c1-23-14-18(8-4-9-18)17(22)20-15-6-11-21(12-7-15)13-16-5-2-3-10-19-16/h2-3,5,10,15H,4,6-9,11-14H2,1H3,(H,20,22). The van der Waals surface area contributed by atoms with E-state index >= 15 is 0 Å². The highest BCUT2D eigenvalue weighted by Crippen LogP contribution is 2.41. The van der Waals surface area contributed by atoms with Gasteiger partial charge in [-0.25, -0.2) is 0 Å². The molecule has 1 N–H and O–H groups in total. The third-order valence-electron chi connectivity index (χ3n) is 5.25. The number of likely N-dealkylation sites (tertiary alicyclic amines) is 1. The molecule has 0 radical (unpaired) electrons. The SMILES string of the molecule is COCC1(C(=O)NC2CCN(Cc3ccccn3)CC2)CCC1. The lowest BCUT2D eigenvalue weighted by atomic mass is 9.68. The monoisotopic (exact) mass is 317 g/mol. The van der Waals surface area contributed by atoms with Crippen molar-refractivity contribution in [3.63, 3.8) is 0 Å². The summed E-state index contributed by atoms with van der Waals surface area (Å²) in [6.07, 6.45) is 6.94. The summed E-state index contributed by atoms with van der Waals surface area (Å²) in [6, 6.07) is 6.35. The van der Waals surface area contributed by atoms with Crippen LogP contribution in [-0.4, -0.2) is 48.6 Å². The Hall–Kier alpha value is -1.46. The Labute approximate surface area is 138 Å². The number of carbonyl (C=O) groups is 1. The highest BCUT2D eigenvalue weighted by atomic mass is 16.5. The van der Waals surface area contributed by atoms with Crippen LogP contribution in [0.15, 0.2) is 24.4 Å².